The fraction of sp³-hybridized carbons (Fsp3) is 0.188. The Balaban J connectivity index is 1.94. The molecular formula is C16H17NO3. The lowest BCUT2D eigenvalue weighted by atomic mass is 10.2. The minimum atomic E-state index is -0.980. The lowest BCUT2D eigenvalue weighted by Gasteiger charge is -2.18. The smallest absolute Gasteiger partial charge is 0.339 e. The highest BCUT2D eigenvalue weighted by Crippen LogP contribution is 2.18. The predicted octanol–water partition coefficient (Wildman–Crippen LogP) is 2.85. The summed E-state index contributed by atoms with van der Waals surface area (Å²) in [6.45, 7) is 1.08. The molecule has 0 atom stereocenters. The molecule has 0 fully saturated rings. The first-order valence-corrected chi connectivity index (χ1v) is 6.34. The summed E-state index contributed by atoms with van der Waals surface area (Å²) in [5.74, 6) is -0.591. The molecule has 0 saturated heterocycles. The van der Waals surface area contributed by atoms with E-state index in [1.807, 2.05) is 42.3 Å². The number of rotatable bonds is 6. The number of ether oxygens (including phenoxy) is 1. The molecule has 0 spiro atoms. The van der Waals surface area contributed by atoms with Gasteiger partial charge in [-0.2, -0.15) is 0 Å². The molecule has 0 amide bonds. The van der Waals surface area contributed by atoms with Crippen LogP contribution in [0, 0.1) is 0 Å². The molecule has 4 nitrogen and oxygen atoms in total. The van der Waals surface area contributed by atoms with E-state index in [-0.39, 0.29) is 5.56 Å². The quantitative estimate of drug-likeness (QED) is 0.821. The first kappa shape index (κ1) is 14.1. The number of carbonyl (C=O) groups is 1. The Bertz CT molecular complexity index is 569. The Morgan fingerprint density at radius 3 is 2.45 bits per heavy atom. The molecule has 4 heteroatoms. The van der Waals surface area contributed by atoms with Crippen LogP contribution in [0.2, 0.25) is 0 Å². The summed E-state index contributed by atoms with van der Waals surface area (Å²) in [4.78, 5) is 13.0. The van der Waals surface area contributed by atoms with Crippen molar-refractivity contribution in [1.82, 2.24) is 4.90 Å². The molecule has 0 bridgehead atoms. The van der Waals surface area contributed by atoms with Gasteiger partial charge in [0.2, 0.25) is 0 Å². The van der Waals surface area contributed by atoms with Gasteiger partial charge in [0.25, 0.3) is 0 Å². The lowest BCUT2D eigenvalue weighted by Crippen LogP contribution is -2.23. The van der Waals surface area contributed by atoms with Crippen molar-refractivity contribution in [1.29, 1.82) is 0 Å². The second-order valence-electron chi connectivity index (χ2n) is 4.57. The number of hydrogen-bond donors (Lipinski definition) is 1. The van der Waals surface area contributed by atoms with Crippen LogP contribution >= 0.6 is 0 Å². The Labute approximate surface area is 118 Å². The summed E-state index contributed by atoms with van der Waals surface area (Å²) in [7, 11) is 1.93. The molecule has 0 aromatic heterocycles. The highest BCUT2D eigenvalue weighted by Gasteiger charge is 2.10. The van der Waals surface area contributed by atoms with E-state index in [9.17, 15) is 4.79 Å². The van der Waals surface area contributed by atoms with E-state index in [1.54, 1.807) is 18.2 Å². The fourth-order valence-corrected chi connectivity index (χ4v) is 1.89. The molecule has 2 aromatic carbocycles. The Morgan fingerprint density at radius 2 is 1.75 bits per heavy atom. The molecule has 20 heavy (non-hydrogen) atoms. The van der Waals surface area contributed by atoms with Crippen molar-refractivity contribution in [2.24, 2.45) is 0 Å². The Kier molecular flexibility index (Phi) is 4.74. The maximum Gasteiger partial charge on any atom is 0.339 e. The van der Waals surface area contributed by atoms with Crippen LogP contribution in [0.15, 0.2) is 54.6 Å². The van der Waals surface area contributed by atoms with E-state index in [0.717, 1.165) is 6.54 Å². The van der Waals surface area contributed by atoms with Gasteiger partial charge in [-0.15, -0.1) is 0 Å². The fourth-order valence-electron chi connectivity index (χ4n) is 1.89. The van der Waals surface area contributed by atoms with E-state index in [1.165, 1.54) is 11.6 Å². The van der Waals surface area contributed by atoms with Gasteiger partial charge in [0, 0.05) is 6.54 Å². The topological polar surface area (TPSA) is 49.8 Å². The molecule has 2 rings (SSSR count). The van der Waals surface area contributed by atoms with Crippen molar-refractivity contribution in [2.75, 3.05) is 13.8 Å². The van der Waals surface area contributed by atoms with Gasteiger partial charge in [0.1, 0.15) is 18.0 Å². The Hall–Kier alpha value is -2.33. The van der Waals surface area contributed by atoms with Gasteiger partial charge in [-0.3, -0.25) is 4.90 Å². The normalized spacial score (nSPS) is 10.5. The third-order valence-electron chi connectivity index (χ3n) is 2.85. The number of para-hydroxylation sites is 1. The standard InChI is InChI=1S/C16H17NO3/c1-17(11-13-7-3-2-4-8-13)12-20-15-10-6-5-9-14(15)16(18)19/h2-10H,11-12H2,1H3,(H,18,19). The van der Waals surface area contributed by atoms with E-state index in [0.29, 0.717) is 12.5 Å². The highest BCUT2D eigenvalue weighted by molar-refractivity contribution is 5.90. The zero-order valence-corrected chi connectivity index (χ0v) is 11.3. The van der Waals surface area contributed by atoms with E-state index >= 15 is 0 Å². The SMILES string of the molecule is CN(COc1ccccc1C(=O)O)Cc1ccccc1. The van der Waals surface area contributed by atoms with Crippen molar-refractivity contribution in [3.63, 3.8) is 0 Å². The van der Waals surface area contributed by atoms with E-state index < -0.39 is 5.97 Å². The number of carboxylic acids is 1. The first-order chi connectivity index (χ1) is 9.66. The van der Waals surface area contributed by atoms with Gasteiger partial charge in [-0.25, -0.2) is 4.79 Å². The zero-order chi connectivity index (χ0) is 14.4. The third kappa shape index (κ3) is 3.83. The monoisotopic (exact) mass is 271 g/mol. The summed E-state index contributed by atoms with van der Waals surface area (Å²) < 4.78 is 5.58. The van der Waals surface area contributed by atoms with Gasteiger partial charge >= 0.3 is 5.97 Å². The molecule has 0 saturated carbocycles. The summed E-state index contributed by atoms with van der Waals surface area (Å²) >= 11 is 0. The van der Waals surface area contributed by atoms with Crippen molar-refractivity contribution in [3.05, 3.63) is 65.7 Å². The lowest BCUT2D eigenvalue weighted by molar-refractivity contribution is 0.0686. The average Bonchev–Trinajstić information content (AvgIpc) is 2.46. The second-order valence-corrected chi connectivity index (χ2v) is 4.57. The predicted molar refractivity (Wildman–Crippen MR) is 76.8 cm³/mol. The summed E-state index contributed by atoms with van der Waals surface area (Å²) in [5.41, 5.74) is 1.37. The molecule has 0 radical (unpaired) electrons. The molecular weight excluding hydrogens is 254 g/mol. The summed E-state index contributed by atoms with van der Waals surface area (Å²) in [5, 5.41) is 9.07. The number of hydrogen-bond acceptors (Lipinski definition) is 3. The van der Waals surface area contributed by atoms with Crippen molar-refractivity contribution < 1.29 is 14.6 Å². The van der Waals surface area contributed by atoms with Gasteiger partial charge in [0.15, 0.2) is 0 Å². The van der Waals surface area contributed by atoms with Crippen LogP contribution in [0.25, 0.3) is 0 Å². The zero-order valence-electron chi connectivity index (χ0n) is 11.3. The number of benzene rings is 2. The van der Waals surface area contributed by atoms with Crippen LogP contribution in [-0.4, -0.2) is 29.8 Å². The minimum absolute atomic E-state index is 0.181. The molecule has 0 aliphatic carbocycles. The average molecular weight is 271 g/mol. The van der Waals surface area contributed by atoms with Crippen LogP contribution in [0.1, 0.15) is 15.9 Å². The largest absolute Gasteiger partial charge is 0.478 e. The Morgan fingerprint density at radius 1 is 1.10 bits per heavy atom. The van der Waals surface area contributed by atoms with Gasteiger partial charge in [-0.05, 0) is 24.7 Å². The summed E-state index contributed by atoms with van der Waals surface area (Å²) in [6, 6.07) is 16.7. The summed E-state index contributed by atoms with van der Waals surface area (Å²) in [6.07, 6.45) is 0. The van der Waals surface area contributed by atoms with Crippen molar-refractivity contribution in [2.45, 2.75) is 6.54 Å². The molecule has 0 heterocycles. The van der Waals surface area contributed by atoms with E-state index in [2.05, 4.69) is 0 Å². The van der Waals surface area contributed by atoms with E-state index in [4.69, 9.17) is 9.84 Å². The molecule has 0 aliphatic rings. The van der Waals surface area contributed by atoms with Crippen LogP contribution < -0.4 is 4.74 Å². The number of nitrogens with zero attached hydrogens (tertiary/aromatic N) is 1. The maximum atomic E-state index is 11.1. The first-order valence-electron chi connectivity index (χ1n) is 6.34. The highest BCUT2D eigenvalue weighted by atomic mass is 16.5. The second kappa shape index (κ2) is 6.73. The van der Waals surface area contributed by atoms with Crippen LogP contribution in [-0.2, 0) is 6.54 Å². The number of aromatic carboxylic acids is 1. The minimum Gasteiger partial charge on any atom is -0.478 e. The van der Waals surface area contributed by atoms with Crippen molar-refractivity contribution in [3.8, 4) is 5.75 Å². The van der Waals surface area contributed by atoms with Gasteiger partial charge in [0.05, 0.1) is 0 Å². The van der Waals surface area contributed by atoms with Crippen LogP contribution in [0.5, 0.6) is 5.75 Å². The molecule has 1 N–H and O–H groups in total. The van der Waals surface area contributed by atoms with Crippen LogP contribution in [0.4, 0.5) is 0 Å². The van der Waals surface area contributed by atoms with Crippen LogP contribution in [0.3, 0.4) is 0 Å². The third-order valence-corrected chi connectivity index (χ3v) is 2.85. The maximum absolute atomic E-state index is 11.1. The molecule has 0 unspecified atom stereocenters. The van der Waals surface area contributed by atoms with Gasteiger partial charge in [-0.1, -0.05) is 42.5 Å². The molecule has 104 valence electrons. The molecule has 0 aliphatic heterocycles. The van der Waals surface area contributed by atoms with Gasteiger partial charge < -0.3 is 9.84 Å². The number of carboxylic acid groups (broad SMARTS) is 1. The molecule has 2 aromatic rings. The van der Waals surface area contributed by atoms with Crippen molar-refractivity contribution >= 4 is 5.97 Å².